The third kappa shape index (κ3) is 5.08. The van der Waals surface area contributed by atoms with Crippen LogP contribution in [0.2, 0.25) is 0 Å². The molecule has 5 nitrogen and oxygen atoms in total. The van der Waals surface area contributed by atoms with Gasteiger partial charge in [0.25, 0.3) is 5.91 Å². The molecule has 0 saturated carbocycles. The lowest BCUT2D eigenvalue weighted by atomic mass is 10.2. The molecule has 0 unspecified atom stereocenters. The summed E-state index contributed by atoms with van der Waals surface area (Å²) in [5, 5.41) is 2.48. The fraction of sp³-hybridized carbons (Fsp3) is 0.222. The van der Waals surface area contributed by atoms with E-state index >= 15 is 0 Å². The van der Waals surface area contributed by atoms with Gasteiger partial charge in [-0.15, -0.1) is 0 Å². The van der Waals surface area contributed by atoms with Crippen molar-refractivity contribution >= 4 is 11.9 Å². The summed E-state index contributed by atoms with van der Waals surface area (Å²) in [6, 6.07) is 12.5. The molecule has 0 bridgehead atoms. The van der Waals surface area contributed by atoms with Crippen LogP contribution in [0.5, 0.6) is 5.75 Å². The molecule has 1 N–H and O–H groups in total. The number of hydrogen-bond acceptors (Lipinski definition) is 4. The molecule has 126 valence electrons. The monoisotopic (exact) mass is 331 g/mol. The molecular weight excluding hydrogens is 313 g/mol. The molecule has 2 rings (SSSR count). The zero-order valence-corrected chi connectivity index (χ0v) is 13.3. The first-order valence-corrected chi connectivity index (χ1v) is 7.50. The Morgan fingerprint density at radius 2 is 1.92 bits per heavy atom. The molecule has 1 amide bonds. The molecule has 0 aliphatic carbocycles. The van der Waals surface area contributed by atoms with Crippen molar-refractivity contribution in [3.05, 3.63) is 65.5 Å². The molecule has 0 aliphatic heterocycles. The van der Waals surface area contributed by atoms with Gasteiger partial charge < -0.3 is 14.8 Å². The average molecular weight is 331 g/mol. The minimum absolute atomic E-state index is 0.0536. The van der Waals surface area contributed by atoms with Crippen molar-refractivity contribution in [3.63, 3.8) is 0 Å². The van der Waals surface area contributed by atoms with Gasteiger partial charge >= 0.3 is 5.97 Å². The SMILES string of the molecule is CCOc1ccccc1C(=O)NCC(=O)OCc1cccc(F)c1. The zero-order valence-electron chi connectivity index (χ0n) is 13.3. The van der Waals surface area contributed by atoms with Crippen LogP contribution in [-0.2, 0) is 16.1 Å². The van der Waals surface area contributed by atoms with Crippen molar-refractivity contribution in [3.8, 4) is 5.75 Å². The largest absolute Gasteiger partial charge is 0.493 e. The standard InChI is InChI=1S/C18H18FNO4/c1-2-23-16-9-4-3-8-15(16)18(22)20-11-17(21)24-12-13-6-5-7-14(19)10-13/h3-10H,2,11-12H2,1H3,(H,20,22). The topological polar surface area (TPSA) is 64.6 Å². The number of esters is 1. The summed E-state index contributed by atoms with van der Waals surface area (Å²) in [6.07, 6.45) is 0. The lowest BCUT2D eigenvalue weighted by molar-refractivity contribution is -0.143. The second-order valence-corrected chi connectivity index (χ2v) is 4.90. The Balaban J connectivity index is 1.84. The van der Waals surface area contributed by atoms with Gasteiger partial charge in [0, 0.05) is 0 Å². The first-order valence-electron chi connectivity index (χ1n) is 7.50. The Morgan fingerprint density at radius 3 is 2.67 bits per heavy atom. The van der Waals surface area contributed by atoms with Gasteiger partial charge in [0.05, 0.1) is 12.2 Å². The molecule has 0 spiro atoms. The molecule has 2 aromatic rings. The molecule has 0 aliphatic rings. The number of nitrogens with one attached hydrogen (secondary N) is 1. The number of rotatable bonds is 7. The van der Waals surface area contributed by atoms with Gasteiger partial charge in [-0.05, 0) is 36.8 Å². The van der Waals surface area contributed by atoms with Gasteiger partial charge in [-0.3, -0.25) is 9.59 Å². The third-order valence-corrected chi connectivity index (χ3v) is 3.11. The Kier molecular flexibility index (Phi) is 6.31. The van der Waals surface area contributed by atoms with E-state index in [1.807, 2.05) is 6.92 Å². The Labute approximate surface area is 139 Å². The normalized spacial score (nSPS) is 10.1. The fourth-order valence-corrected chi connectivity index (χ4v) is 2.02. The minimum Gasteiger partial charge on any atom is -0.493 e. The van der Waals surface area contributed by atoms with Crippen LogP contribution in [-0.4, -0.2) is 25.0 Å². The number of hydrogen-bond donors (Lipinski definition) is 1. The molecule has 0 aromatic heterocycles. The highest BCUT2D eigenvalue weighted by atomic mass is 19.1. The van der Waals surface area contributed by atoms with E-state index in [4.69, 9.17) is 9.47 Å². The number of carbonyl (C=O) groups excluding carboxylic acids is 2. The molecule has 2 aromatic carbocycles. The molecule has 0 atom stereocenters. The van der Waals surface area contributed by atoms with E-state index in [-0.39, 0.29) is 13.2 Å². The van der Waals surface area contributed by atoms with Crippen molar-refractivity contribution in [2.24, 2.45) is 0 Å². The lowest BCUT2D eigenvalue weighted by Gasteiger charge is -2.10. The number of ether oxygens (including phenoxy) is 2. The Morgan fingerprint density at radius 1 is 1.12 bits per heavy atom. The fourth-order valence-electron chi connectivity index (χ4n) is 2.02. The molecular formula is C18H18FNO4. The first kappa shape index (κ1) is 17.5. The predicted molar refractivity (Wildman–Crippen MR) is 86.1 cm³/mol. The van der Waals surface area contributed by atoms with Crippen molar-refractivity contribution in [1.29, 1.82) is 0 Å². The van der Waals surface area contributed by atoms with Crippen molar-refractivity contribution in [2.45, 2.75) is 13.5 Å². The quantitative estimate of drug-likeness (QED) is 0.792. The highest BCUT2D eigenvalue weighted by Crippen LogP contribution is 2.17. The summed E-state index contributed by atoms with van der Waals surface area (Å²) in [7, 11) is 0. The maximum absolute atomic E-state index is 13.0. The van der Waals surface area contributed by atoms with Crippen LogP contribution in [0.4, 0.5) is 4.39 Å². The van der Waals surface area contributed by atoms with Gasteiger partial charge in [-0.25, -0.2) is 4.39 Å². The van der Waals surface area contributed by atoms with E-state index in [0.29, 0.717) is 23.5 Å². The second-order valence-electron chi connectivity index (χ2n) is 4.90. The van der Waals surface area contributed by atoms with Crippen LogP contribution < -0.4 is 10.1 Å². The number of benzene rings is 2. The van der Waals surface area contributed by atoms with E-state index in [0.717, 1.165) is 0 Å². The van der Waals surface area contributed by atoms with Gasteiger partial charge in [-0.2, -0.15) is 0 Å². The van der Waals surface area contributed by atoms with Crippen molar-refractivity contribution < 1.29 is 23.5 Å². The number of amides is 1. The van der Waals surface area contributed by atoms with Crippen molar-refractivity contribution in [2.75, 3.05) is 13.2 Å². The van der Waals surface area contributed by atoms with Crippen molar-refractivity contribution in [1.82, 2.24) is 5.32 Å². The summed E-state index contributed by atoms with van der Waals surface area (Å²) in [6.45, 7) is 1.91. The molecule has 0 heterocycles. The van der Waals surface area contributed by atoms with Gasteiger partial charge in [-0.1, -0.05) is 24.3 Å². The maximum Gasteiger partial charge on any atom is 0.325 e. The van der Waals surface area contributed by atoms with E-state index < -0.39 is 17.7 Å². The van der Waals surface area contributed by atoms with Gasteiger partial charge in [0.15, 0.2) is 0 Å². The van der Waals surface area contributed by atoms with E-state index in [2.05, 4.69) is 5.32 Å². The van der Waals surface area contributed by atoms with Crippen LogP contribution in [0.25, 0.3) is 0 Å². The second kappa shape index (κ2) is 8.67. The summed E-state index contributed by atoms with van der Waals surface area (Å²) in [4.78, 5) is 23.8. The van der Waals surface area contributed by atoms with Crippen LogP contribution >= 0.6 is 0 Å². The Bertz CT molecular complexity index is 718. The summed E-state index contributed by atoms with van der Waals surface area (Å²) >= 11 is 0. The molecule has 6 heteroatoms. The number of carbonyl (C=O) groups is 2. The maximum atomic E-state index is 13.0. The van der Waals surface area contributed by atoms with E-state index in [1.54, 1.807) is 30.3 Å². The van der Waals surface area contributed by atoms with Gasteiger partial charge in [0.1, 0.15) is 24.7 Å². The lowest BCUT2D eigenvalue weighted by Crippen LogP contribution is -2.30. The highest BCUT2D eigenvalue weighted by Gasteiger charge is 2.13. The van der Waals surface area contributed by atoms with Crippen LogP contribution in [0.15, 0.2) is 48.5 Å². The van der Waals surface area contributed by atoms with Crippen LogP contribution in [0.1, 0.15) is 22.8 Å². The summed E-state index contributed by atoms with van der Waals surface area (Å²) in [5.41, 5.74) is 0.883. The average Bonchev–Trinajstić information content (AvgIpc) is 2.59. The molecule has 0 saturated heterocycles. The Hall–Kier alpha value is -2.89. The van der Waals surface area contributed by atoms with E-state index in [9.17, 15) is 14.0 Å². The van der Waals surface area contributed by atoms with Gasteiger partial charge in [0.2, 0.25) is 0 Å². The minimum atomic E-state index is -0.610. The molecule has 0 fully saturated rings. The van der Waals surface area contributed by atoms with Crippen LogP contribution in [0, 0.1) is 5.82 Å². The summed E-state index contributed by atoms with van der Waals surface area (Å²) in [5.74, 6) is -0.988. The molecule has 0 radical (unpaired) electrons. The van der Waals surface area contributed by atoms with E-state index in [1.165, 1.54) is 18.2 Å². The third-order valence-electron chi connectivity index (χ3n) is 3.11. The number of para-hydroxylation sites is 1. The molecule has 24 heavy (non-hydrogen) atoms. The summed E-state index contributed by atoms with van der Waals surface area (Å²) < 4.78 is 23.4. The number of halogens is 1. The van der Waals surface area contributed by atoms with Crippen LogP contribution in [0.3, 0.4) is 0 Å². The smallest absolute Gasteiger partial charge is 0.325 e. The zero-order chi connectivity index (χ0) is 17.4. The first-order chi connectivity index (χ1) is 11.6. The predicted octanol–water partition coefficient (Wildman–Crippen LogP) is 2.70. The highest BCUT2D eigenvalue weighted by molar-refractivity contribution is 5.98.